The van der Waals surface area contributed by atoms with Gasteiger partial charge < -0.3 is 10.3 Å². The van der Waals surface area contributed by atoms with Gasteiger partial charge in [0.25, 0.3) is 0 Å². The van der Waals surface area contributed by atoms with Gasteiger partial charge in [0.15, 0.2) is 0 Å². The molecule has 3 nitrogen and oxygen atoms in total. The Labute approximate surface area is 123 Å². The van der Waals surface area contributed by atoms with Gasteiger partial charge in [-0.15, -0.1) is 0 Å². The van der Waals surface area contributed by atoms with E-state index in [9.17, 15) is 0 Å². The molecule has 2 N–H and O–H groups in total. The van der Waals surface area contributed by atoms with Gasteiger partial charge in [-0.2, -0.15) is 0 Å². The van der Waals surface area contributed by atoms with Crippen molar-refractivity contribution in [1.82, 2.24) is 15.3 Å². The van der Waals surface area contributed by atoms with E-state index in [2.05, 4.69) is 28.3 Å². The standard InChI is InChI=1S/C16H16ClN3/c1-11(15-4-2-3-7-18-15)19-9-12-10-20-16-8-13(17)5-6-14(12)16/h2-8,10-11,19-20H,9H2,1H3/t11-/m1/s1. The quantitative estimate of drug-likeness (QED) is 0.759. The van der Waals surface area contributed by atoms with Crippen LogP contribution in [0.3, 0.4) is 0 Å². The van der Waals surface area contributed by atoms with Crippen LogP contribution in [0.5, 0.6) is 0 Å². The zero-order chi connectivity index (χ0) is 13.9. The van der Waals surface area contributed by atoms with E-state index in [4.69, 9.17) is 11.6 Å². The molecule has 0 saturated carbocycles. The number of fused-ring (bicyclic) bond motifs is 1. The van der Waals surface area contributed by atoms with Crippen molar-refractivity contribution in [2.45, 2.75) is 19.5 Å². The van der Waals surface area contributed by atoms with E-state index in [1.807, 2.05) is 42.7 Å². The monoisotopic (exact) mass is 285 g/mol. The Morgan fingerprint density at radius 3 is 3.00 bits per heavy atom. The highest BCUT2D eigenvalue weighted by molar-refractivity contribution is 6.31. The third-order valence-electron chi connectivity index (χ3n) is 3.46. The summed E-state index contributed by atoms with van der Waals surface area (Å²) in [4.78, 5) is 7.62. The molecule has 3 aromatic rings. The maximum absolute atomic E-state index is 5.99. The van der Waals surface area contributed by atoms with Crippen molar-refractivity contribution in [3.63, 3.8) is 0 Å². The predicted octanol–water partition coefficient (Wildman–Crippen LogP) is 4.07. The first-order chi connectivity index (χ1) is 9.74. The first-order valence-corrected chi connectivity index (χ1v) is 7.01. The lowest BCUT2D eigenvalue weighted by molar-refractivity contribution is 0.563. The van der Waals surface area contributed by atoms with Gasteiger partial charge in [-0.3, -0.25) is 4.98 Å². The predicted molar refractivity (Wildman–Crippen MR) is 82.8 cm³/mol. The van der Waals surface area contributed by atoms with Crippen LogP contribution in [-0.2, 0) is 6.54 Å². The van der Waals surface area contributed by atoms with Crippen LogP contribution in [0, 0.1) is 0 Å². The van der Waals surface area contributed by atoms with Crippen LogP contribution in [0.4, 0.5) is 0 Å². The summed E-state index contributed by atoms with van der Waals surface area (Å²) in [5, 5.41) is 5.45. The lowest BCUT2D eigenvalue weighted by Gasteiger charge is -2.12. The molecule has 0 unspecified atom stereocenters. The molecule has 3 rings (SSSR count). The van der Waals surface area contributed by atoms with Gasteiger partial charge in [-0.1, -0.05) is 23.7 Å². The third kappa shape index (κ3) is 2.69. The van der Waals surface area contributed by atoms with Crippen LogP contribution in [0.1, 0.15) is 24.2 Å². The van der Waals surface area contributed by atoms with E-state index < -0.39 is 0 Å². The number of aromatic nitrogens is 2. The van der Waals surface area contributed by atoms with Crippen LogP contribution < -0.4 is 5.32 Å². The molecule has 0 amide bonds. The van der Waals surface area contributed by atoms with Crippen LogP contribution in [0.25, 0.3) is 10.9 Å². The summed E-state index contributed by atoms with van der Waals surface area (Å²) >= 11 is 5.99. The maximum Gasteiger partial charge on any atom is 0.0570 e. The number of hydrogen-bond donors (Lipinski definition) is 2. The summed E-state index contributed by atoms with van der Waals surface area (Å²) in [7, 11) is 0. The molecule has 1 atom stereocenters. The minimum atomic E-state index is 0.216. The van der Waals surface area contributed by atoms with Gasteiger partial charge in [0.05, 0.1) is 5.69 Å². The Bertz CT molecular complexity index is 706. The Balaban J connectivity index is 1.74. The fraction of sp³-hybridized carbons (Fsp3) is 0.188. The molecule has 20 heavy (non-hydrogen) atoms. The molecule has 2 aromatic heterocycles. The molecule has 4 heteroatoms. The van der Waals surface area contributed by atoms with Crippen molar-refractivity contribution in [3.8, 4) is 0 Å². The second-order valence-electron chi connectivity index (χ2n) is 4.86. The number of halogens is 1. The van der Waals surface area contributed by atoms with E-state index >= 15 is 0 Å². The number of H-pyrrole nitrogens is 1. The Morgan fingerprint density at radius 2 is 2.20 bits per heavy atom. The molecule has 1 aromatic carbocycles. The average Bonchev–Trinajstić information content (AvgIpc) is 2.88. The summed E-state index contributed by atoms with van der Waals surface area (Å²) in [5.41, 5.74) is 3.36. The van der Waals surface area contributed by atoms with Gasteiger partial charge in [-0.25, -0.2) is 0 Å². The topological polar surface area (TPSA) is 40.7 Å². The molecule has 0 spiro atoms. The molecule has 0 aliphatic rings. The highest BCUT2D eigenvalue weighted by atomic mass is 35.5. The molecule has 2 heterocycles. The lowest BCUT2D eigenvalue weighted by atomic mass is 10.1. The van der Waals surface area contributed by atoms with Crippen LogP contribution in [-0.4, -0.2) is 9.97 Å². The van der Waals surface area contributed by atoms with E-state index in [1.165, 1.54) is 10.9 Å². The smallest absolute Gasteiger partial charge is 0.0570 e. The van der Waals surface area contributed by atoms with Gasteiger partial charge in [0, 0.05) is 40.9 Å². The lowest BCUT2D eigenvalue weighted by Crippen LogP contribution is -2.18. The average molecular weight is 286 g/mol. The van der Waals surface area contributed by atoms with E-state index in [0.29, 0.717) is 0 Å². The first-order valence-electron chi connectivity index (χ1n) is 6.64. The van der Waals surface area contributed by atoms with E-state index in [0.717, 1.165) is 22.8 Å². The number of aromatic amines is 1. The highest BCUT2D eigenvalue weighted by Gasteiger charge is 2.08. The van der Waals surface area contributed by atoms with Gasteiger partial charge >= 0.3 is 0 Å². The molecular weight excluding hydrogens is 270 g/mol. The molecule has 0 aliphatic heterocycles. The zero-order valence-electron chi connectivity index (χ0n) is 11.2. The third-order valence-corrected chi connectivity index (χ3v) is 3.69. The van der Waals surface area contributed by atoms with Crippen molar-refractivity contribution in [2.75, 3.05) is 0 Å². The van der Waals surface area contributed by atoms with Crippen molar-refractivity contribution in [3.05, 3.63) is 65.1 Å². The zero-order valence-corrected chi connectivity index (χ0v) is 12.0. The van der Waals surface area contributed by atoms with E-state index in [1.54, 1.807) is 0 Å². The van der Waals surface area contributed by atoms with Crippen molar-refractivity contribution in [2.24, 2.45) is 0 Å². The maximum atomic E-state index is 5.99. The molecule has 0 radical (unpaired) electrons. The molecule has 0 aliphatic carbocycles. The fourth-order valence-corrected chi connectivity index (χ4v) is 2.48. The van der Waals surface area contributed by atoms with Gasteiger partial charge in [-0.05, 0) is 36.8 Å². The summed E-state index contributed by atoms with van der Waals surface area (Å²) in [5.74, 6) is 0. The Hall–Kier alpha value is -1.84. The summed E-state index contributed by atoms with van der Waals surface area (Å²) in [6.45, 7) is 2.91. The van der Waals surface area contributed by atoms with E-state index in [-0.39, 0.29) is 6.04 Å². The van der Waals surface area contributed by atoms with Crippen molar-refractivity contribution >= 4 is 22.5 Å². The van der Waals surface area contributed by atoms with Gasteiger partial charge in [0.2, 0.25) is 0 Å². The van der Waals surface area contributed by atoms with Crippen LogP contribution in [0.2, 0.25) is 5.02 Å². The normalized spacial score (nSPS) is 12.7. The SMILES string of the molecule is C[C@@H](NCc1c[nH]c2cc(Cl)ccc12)c1ccccn1. The van der Waals surface area contributed by atoms with Crippen LogP contribution in [0.15, 0.2) is 48.8 Å². The highest BCUT2D eigenvalue weighted by Crippen LogP contribution is 2.22. The molecule has 0 fully saturated rings. The largest absolute Gasteiger partial charge is 0.361 e. The summed E-state index contributed by atoms with van der Waals surface area (Å²) < 4.78 is 0. The second-order valence-corrected chi connectivity index (χ2v) is 5.30. The molecule has 102 valence electrons. The number of pyridine rings is 1. The number of nitrogens with one attached hydrogen (secondary N) is 2. The molecule has 0 bridgehead atoms. The Morgan fingerprint density at radius 1 is 1.30 bits per heavy atom. The van der Waals surface area contributed by atoms with Crippen molar-refractivity contribution < 1.29 is 0 Å². The van der Waals surface area contributed by atoms with Gasteiger partial charge in [0.1, 0.15) is 0 Å². The summed E-state index contributed by atoms with van der Waals surface area (Å²) in [6.07, 6.45) is 3.85. The number of benzene rings is 1. The Kier molecular flexibility index (Phi) is 3.72. The minimum absolute atomic E-state index is 0.216. The summed E-state index contributed by atoms with van der Waals surface area (Å²) in [6, 6.07) is 12.1. The second kappa shape index (κ2) is 5.65. The van der Waals surface area contributed by atoms with Crippen LogP contribution >= 0.6 is 11.6 Å². The molecular formula is C16H16ClN3. The van der Waals surface area contributed by atoms with Crippen molar-refractivity contribution in [1.29, 1.82) is 0 Å². The fourth-order valence-electron chi connectivity index (χ4n) is 2.30. The number of hydrogen-bond acceptors (Lipinski definition) is 2. The minimum Gasteiger partial charge on any atom is -0.361 e. The first kappa shape index (κ1) is 13.2. The number of rotatable bonds is 4. The molecule has 0 saturated heterocycles. The number of nitrogens with zero attached hydrogens (tertiary/aromatic N) is 1.